The third-order valence-corrected chi connectivity index (χ3v) is 3.96. The van der Waals surface area contributed by atoms with Crippen molar-refractivity contribution in [3.8, 4) is 11.3 Å². The highest BCUT2D eigenvalue weighted by molar-refractivity contribution is 5.96. The Labute approximate surface area is 148 Å². The van der Waals surface area contributed by atoms with Crippen molar-refractivity contribution in [3.63, 3.8) is 0 Å². The van der Waals surface area contributed by atoms with E-state index >= 15 is 0 Å². The third-order valence-electron chi connectivity index (χ3n) is 3.96. The summed E-state index contributed by atoms with van der Waals surface area (Å²) in [5.74, 6) is 0.313. The van der Waals surface area contributed by atoms with E-state index in [1.807, 2.05) is 0 Å². The molecule has 0 fully saturated rings. The van der Waals surface area contributed by atoms with Gasteiger partial charge in [0.05, 0.1) is 11.5 Å². The first-order valence-corrected chi connectivity index (χ1v) is 7.82. The summed E-state index contributed by atoms with van der Waals surface area (Å²) in [6, 6.07) is 13.7. The second-order valence-corrected chi connectivity index (χ2v) is 5.66. The van der Waals surface area contributed by atoms with E-state index in [4.69, 9.17) is 4.42 Å². The monoisotopic (exact) mass is 354 g/mol. The third kappa shape index (κ3) is 3.61. The normalized spacial score (nSPS) is 10.5. The van der Waals surface area contributed by atoms with Gasteiger partial charge in [-0.1, -0.05) is 6.07 Å². The highest BCUT2D eigenvalue weighted by atomic mass is 19.1. The van der Waals surface area contributed by atoms with Crippen LogP contribution in [0.15, 0.2) is 59.0 Å². The van der Waals surface area contributed by atoms with Gasteiger partial charge in [0.25, 0.3) is 11.6 Å². The molecule has 0 bridgehead atoms. The maximum Gasteiger partial charge on any atom is 0.273 e. The molecule has 6 nitrogen and oxygen atoms in total. The van der Waals surface area contributed by atoms with Crippen LogP contribution in [0.25, 0.3) is 11.3 Å². The van der Waals surface area contributed by atoms with Crippen LogP contribution in [-0.4, -0.2) is 10.8 Å². The van der Waals surface area contributed by atoms with Gasteiger partial charge in [-0.15, -0.1) is 0 Å². The van der Waals surface area contributed by atoms with Crippen molar-refractivity contribution in [2.75, 3.05) is 0 Å². The number of nitrogens with zero attached hydrogens (tertiary/aromatic N) is 1. The number of hydrogen-bond donors (Lipinski definition) is 1. The van der Waals surface area contributed by atoms with E-state index in [2.05, 4.69) is 5.32 Å². The number of nitro benzene ring substituents is 1. The van der Waals surface area contributed by atoms with Gasteiger partial charge in [0.2, 0.25) is 0 Å². The van der Waals surface area contributed by atoms with Crippen LogP contribution in [0.2, 0.25) is 0 Å². The number of furan rings is 1. The molecule has 0 saturated heterocycles. The first-order valence-electron chi connectivity index (χ1n) is 7.82. The molecule has 3 aromatic rings. The second kappa shape index (κ2) is 7.18. The van der Waals surface area contributed by atoms with Crippen LogP contribution in [0.5, 0.6) is 0 Å². The van der Waals surface area contributed by atoms with Gasteiger partial charge < -0.3 is 9.73 Å². The molecule has 1 heterocycles. The molecule has 0 radical (unpaired) electrons. The fourth-order valence-corrected chi connectivity index (χ4v) is 2.57. The van der Waals surface area contributed by atoms with Gasteiger partial charge in [0.15, 0.2) is 0 Å². The Morgan fingerprint density at radius 1 is 1.15 bits per heavy atom. The molecule has 1 aromatic heterocycles. The number of nitrogens with one attached hydrogen (secondary N) is 1. The molecule has 0 aliphatic heterocycles. The summed E-state index contributed by atoms with van der Waals surface area (Å²) in [5, 5.41) is 13.7. The largest absolute Gasteiger partial charge is 0.459 e. The molecule has 2 aromatic carbocycles. The molecule has 0 aliphatic rings. The van der Waals surface area contributed by atoms with Crippen LogP contribution in [0.4, 0.5) is 10.1 Å². The zero-order valence-electron chi connectivity index (χ0n) is 13.9. The number of halogens is 1. The summed E-state index contributed by atoms with van der Waals surface area (Å²) >= 11 is 0. The van der Waals surface area contributed by atoms with Crippen LogP contribution >= 0.6 is 0 Å². The van der Waals surface area contributed by atoms with E-state index in [9.17, 15) is 19.3 Å². The first kappa shape index (κ1) is 17.3. The average molecular weight is 354 g/mol. The lowest BCUT2D eigenvalue weighted by Gasteiger charge is -2.07. The number of amides is 1. The predicted molar refractivity (Wildman–Crippen MR) is 93.1 cm³/mol. The summed E-state index contributed by atoms with van der Waals surface area (Å²) in [6.07, 6.45) is 0. The second-order valence-electron chi connectivity index (χ2n) is 5.66. The van der Waals surface area contributed by atoms with E-state index in [1.54, 1.807) is 24.3 Å². The van der Waals surface area contributed by atoms with Gasteiger partial charge in [-0.05, 0) is 49.4 Å². The van der Waals surface area contributed by atoms with Gasteiger partial charge >= 0.3 is 0 Å². The minimum atomic E-state index is -0.520. The standard InChI is InChI=1S/C19H15FN2O4/c1-12-16(3-2-4-17(12)22(24)25)19(23)21-11-15-9-10-18(26-15)13-5-7-14(20)8-6-13/h2-10H,11H2,1H3,(H,21,23). The summed E-state index contributed by atoms with van der Waals surface area (Å²) < 4.78 is 18.6. The minimum Gasteiger partial charge on any atom is -0.459 e. The lowest BCUT2D eigenvalue weighted by atomic mass is 10.1. The number of nitro groups is 1. The summed E-state index contributed by atoms with van der Waals surface area (Å²) in [5.41, 5.74) is 1.17. The smallest absolute Gasteiger partial charge is 0.273 e. The van der Waals surface area contributed by atoms with E-state index < -0.39 is 10.8 Å². The van der Waals surface area contributed by atoms with Crippen LogP contribution in [-0.2, 0) is 6.54 Å². The molecule has 1 amide bonds. The Morgan fingerprint density at radius 2 is 1.88 bits per heavy atom. The Hall–Kier alpha value is -3.48. The van der Waals surface area contributed by atoms with Crippen molar-refractivity contribution in [2.45, 2.75) is 13.5 Å². The SMILES string of the molecule is Cc1c(C(=O)NCc2ccc(-c3ccc(F)cc3)o2)cccc1[N+](=O)[O-]. The van der Waals surface area contributed by atoms with Crippen molar-refractivity contribution in [2.24, 2.45) is 0 Å². The molecule has 0 saturated carbocycles. The lowest BCUT2D eigenvalue weighted by Crippen LogP contribution is -2.23. The van der Waals surface area contributed by atoms with Crippen LogP contribution in [0.1, 0.15) is 21.7 Å². The number of carbonyl (C=O) groups is 1. The Morgan fingerprint density at radius 3 is 2.58 bits per heavy atom. The molecule has 0 atom stereocenters. The number of rotatable bonds is 5. The Kier molecular flexibility index (Phi) is 4.79. The predicted octanol–water partition coefficient (Wildman–Crippen LogP) is 4.23. The zero-order valence-corrected chi connectivity index (χ0v) is 13.9. The van der Waals surface area contributed by atoms with Crippen molar-refractivity contribution in [1.82, 2.24) is 5.32 Å². The van der Waals surface area contributed by atoms with Gasteiger partial charge in [0.1, 0.15) is 17.3 Å². The summed E-state index contributed by atoms with van der Waals surface area (Å²) in [6.45, 7) is 1.66. The number of carbonyl (C=O) groups excluding carboxylic acids is 1. The topological polar surface area (TPSA) is 85.4 Å². The molecule has 0 spiro atoms. The maximum absolute atomic E-state index is 13.0. The van der Waals surface area contributed by atoms with Crippen molar-refractivity contribution >= 4 is 11.6 Å². The van der Waals surface area contributed by atoms with Gasteiger partial charge in [-0.3, -0.25) is 14.9 Å². The maximum atomic E-state index is 13.0. The summed E-state index contributed by atoms with van der Waals surface area (Å²) in [7, 11) is 0. The zero-order chi connectivity index (χ0) is 18.7. The molecule has 1 N–H and O–H groups in total. The number of benzene rings is 2. The van der Waals surface area contributed by atoms with Gasteiger partial charge in [0, 0.05) is 22.8 Å². The minimum absolute atomic E-state index is 0.103. The van der Waals surface area contributed by atoms with Gasteiger partial charge in [-0.25, -0.2) is 4.39 Å². The molecule has 132 valence electrons. The molecule has 3 rings (SSSR count). The molecule has 0 aliphatic carbocycles. The van der Waals surface area contributed by atoms with Crippen molar-refractivity contribution in [3.05, 3.63) is 87.4 Å². The van der Waals surface area contributed by atoms with E-state index in [1.165, 1.54) is 37.3 Å². The van der Waals surface area contributed by atoms with E-state index in [0.29, 0.717) is 17.1 Å². The van der Waals surface area contributed by atoms with Gasteiger partial charge in [-0.2, -0.15) is 0 Å². The molecule has 7 heteroatoms. The van der Waals surface area contributed by atoms with Crippen molar-refractivity contribution in [1.29, 1.82) is 0 Å². The molecule has 26 heavy (non-hydrogen) atoms. The van der Waals surface area contributed by atoms with Crippen molar-refractivity contribution < 1.29 is 18.5 Å². The van der Waals surface area contributed by atoms with E-state index in [0.717, 1.165) is 5.56 Å². The van der Waals surface area contributed by atoms with E-state index in [-0.39, 0.29) is 23.6 Å². The molecular weight excluding hydrogens is 339 g/mol. The number of hydrogen-bond acceptors (Lipinski definition) is 4. The van der Waals surface area contributed by atoms with Crippen LogP contribution < -0.4 is 5.32 Å². The van der Waals surface area contributed by atoms with Crippen LogP contribution in [0.3, 0.4) is 0 Å². The highest BCUT2D eigenvalue weighted by Crippen LogP contribution is 2.23. The molecule has 0 unspecified atom stereocenters. The fourth-order valence-electron chi connectivity index (χ4n) is 2.57. The Bertz CT molecular complexity index is 964. The highest BCUT2D eigenvalue weighted by Gasteiger charge is 2.18. The Balaban J connectivity index is 1.70. The quantitative estimate of drug-likeness (QED) is 0.549. The van der Waals surface area contributed by atoms with Crippen LogP contribution in [0, 0.1) is 22.9 Å². The fraction of sp³-hybridized carbons (Fsp3) is 0.105. The lowest BCUT2D eigenvalue weighted by molar-refractivity contribution is -0.385. The first-order chi connectivity index (χ1) is 12.5. The molecular formula is C19H15FN2O4. The summed E-state index contributed by atoms with van der Waals surface area (Å²) in [4.78, 5) is 22.8. The average Bonchev–Trinajstić information content (AvgIpc) is 3.09.